The summed E-state index contributed by atoms with van der Waals surface area (Å²) in [6, 6.07) is 8.51. The fourth-order valence-corrected chi connectivity index (χ4v) is 3.60. The number of sulfonamides is 1. The molecule has 2 aromatic rings. The first-order valence-electron chi connectivity index (χ1n) is 6.04. The lowest BCUT2D eigenvalue weighted by Crippen LogP contribution is -2.26. The minimum absolute atomic E-state index is 0.194. The second-order valence-electron chi connectivity index (χ2n) is 4.37. The highest BCUT2D eigenvalue weighted by Gasteiger charge is 2.14. The average Bonchev–Trinajstić information content (AvgIpc) is 2.91. The molecule has 1 heterocycles. The van der Waals surface area contributed by atoms with Crippen molar-refractivity contribution in [3.8, 4) is 6.07 Å². The molecule has 0 bridgehead atoms. The largest absolute Gasteiger partial charge is 0.240 e. The standard InChI is InChI=1S/C14H14N2O2S2/c1-11-8-14(3-2-13(11)9-15)20(17,18)16-6-4-12-5-7-19-10-12/h2-3,5,7-8,10,16H,4,6H2,1H3. The molecule has 1 aromatic heterocycles. The van der Waals surface area contributed by atoms with Crippen LogP contribution in [0.5, 0.6) is 0 Å². The highest BCUT2D eigenvalue weighted by Crippen LogP contribution is 2.15. The zero-order valence-corrected chi connectivity index (χ0v) is 12.6. The molecule has 0 aliphatic rings. The molecule has 0 fully saturated rings. The Kier molecular flexibility index (Phi) is 4.55. The summed E-state index contributed by atoms with van der Waals surface area (Å²) in [5, 5.41) is 12.8. The van der Waals surface area contributed by atoms with Gasteiger partial charge in [-0.05, 0) is 59.5 Å². The molecule has 20 heavy (non-hydrogen) atoms. The minimum Gasteiger partial charge on any atom is -0.211 e. The van der Waals surface area contributed by atoms with Crippen molar-refractivity contribution < 1.29 is 8.42 Å². The highest BCUT2D eigenvalue weighted by atomic mass is 32.2. The minimum atomic E-state index is -3.52. The fourth-order valence-electron chi connectivity index (χ4n) is 1.78. The topological polar surface area (TPSA) is 70.0 Å². The summed E-state index contributed by atoms with van der Waals surface area (Å²) in [7, 11) is -3.52. The Hall–Kier alpha value is -1.68. The van der Waals surface area contributed by atoms with Crippen LogP contribution in [0, 0.1) is 18.3 Å². The van der Waals surface area contributed by atoms with Crippen molar-refractivity contribution in [1.82, 2.24) is 4.72 Å². The molecular weight excluding hydrogens is 292 g/mol. The Bertz CT molecular complexity index is 729. The van der Waals surface area contributed by atoms with Crippen LogP contribution in [-0.2, 0) is 16.4 Å². The quantitative estimate of drug-likeness (QED) is 0.922. The second-order valence-corrected chi connectivity index (χ2v) is 6.91. The van der Waals surface area contributed by atoms with Gasteiger partial charge >= 0.3 is 0 Å². The van der Waals surface area contributed by atoms with Gasteiger partial charge in [0.25, 0.3) is 0 Å². The van der Waals surface area contributed by atoms with E-state index in [0.29, 0.717) is 24.1 Å². The maximum atomic E-state index is 12.1. The molecule has 104 valence electrons. The van der Waals surface area contributed by atoms with Crippen molar-refractivity contribution >= 4 is 21.4 Å². The number of hydrogen-bond acceptors (Lipinski definition) is 4. The summed E-state index contributed by atoms with van der Waals surface area (Å²) >= 11 is 1.59. The van der Waals surface area contributed by atoms with E-state index in [1.807, 2.05) is 22.9 Å². The Morgan fingerprint density at radius 1 is 1.35 bits per heavy atom. The summed E-state index contributed by atoms with van der Waals surface area (Å²) in [5.41, 5.74) is 2.27. The number of rotatable bonds is 5. The van der Waals surface area contributed by atoms with Crippen LogP contribution in [0.4, 0.5) is 0 Å². The Labute approximate surface area is 122 Å². The van der Waals surface area contributed by atoms with E-state index in [-0.39, 0.29) is 4.90 Å². The number of hydrogen-bond donors (Lipinski definition) is 1. The zero-order valence-electron chi connectivity index (χ0n) is 11.0. The molecule has 2 rings (SSSR count). The third-order valence-corrected chi connectivity index (χ3v) is 5.11. The molecule has 0 saturated carbocycles. The monoisotopic (exact) mass is 306 g/mol. The Balaban J connectivity index is 2.06. The average molecular weight is 306 g/mol. The van der Waals surface area contributed by atoms with Gasteiger partial charge in [0.05, 0.1) is 16.5 Å². The fraction of sp³-hybridized carbons (Fsp3) is 0.214. The number of nitrogens with zero attached hydrogens (tertiary/aromatic N) is 1. The molecule has 0 radical (unpaired) electrons. The van der Waals surface area contributed by atoms with Crippen LogP contribution in [0.15, 0.2) is 39.9 Å². The molecule has 1 aromatic carbocycles. The van der Waals surface area contributed by atoms with Crippen molar-refractivity contribution in [2.24, 2.45) is 0 Å². The molecular formula is C14H14N2O2S2. The maximum absolute atomic E-state index is 12.1. The first-order valence-corrected chi connectivity index (χ1v) is 8.47. The van der Waals surface area contributed by atoms with E-state index in [2.05, 4.69) is 4.72 Å². The van der Waals surface area contributed by atoms with E-state index in [0.717, 1.165) is 5.56 Å². The molecule has 6 heteroatoms. The molecule has 0 unspecified atom stereocenters. The van der Waals surface area contributed by atoms with Gasteiger partial charge in [0.1, 0.15) is 0 Å². The SMILES string of the molecule is Cc1cc(S(=O)(=O)NCCc2ccsc2)ccc1C#N. The van der Waals surface area contributed by atoms with E-state index in [1.165, 1.54) is 18.2 Å². The third-order valence-electron chi connectivity index (χ3n) is 2.91. The van der Waals surface area contributed by atoms with Crippen LogP contribution in [-0.4, -0.2) is 15.0 Å². The lowest BCUT2D eigenvalue weighted by molar-refractivity contribution is 0.581. The lowest BCUT2D eigenvalue weighted by atomic mass is 10.1. The first-order chi connectivity index (χ1) is 9.53. The van der Waals surface area contributed by atoms with Crippen LogP contribution in [0.3, 0.4) is 0 Å². The summed E-state index contributed by atoms with van der Waals surface area (Å²) in [5.74, 6) is 0. The molecule has 0 spiro atoms. The van der Waals surface area contributed by atoms with Crippen molar-refractivity contribution in [2.45, 2.75) is 18.2 Å². The van der Waals surface area contributed by atoms with Gasteiger partial charge in [-0.1, -0.05) is 0 Å². The number of nitrogens with one attached hydrogen (secondary N) is 1. The van der Waals surface area contributed by atoms with Crippen LogP contribution in [0.2, 0.25) is 0 Å². The molecule has 0 atom stereocenters. The van der Waals surface area contributed by atoms with Gasteiger partial charge in [0.2, 0.25) is 10.0 Å². The molecule has 0 amide bonds. The third kappa shape index (κ3) is 3.45. The van der Waals surface area contributed by atoms with Crippen LogP contribution < -0.4 is 4.72 Å². The van der Waals surface area contributed by atoms with Crippen molar-refractivity contribution in [2.75, 3.05) is 6.54 Å². The lowest BCUT2D eigenvalue weighted by Gasteiger charge is -2.07. The van der Waals surface area contributed by atoms with Gasteiger partial charge in [0.15, 0.2) is 0 Å². The molecule has 0 saturated heterocycles. The number of aryl methyl sites for hydroxylation is 1. The summed E-state index contributed by atoms with van der Waals surface area (Å²) in [6.07, 6.45) is 0.665. The Morgan fingerprint density at radius 2 is 2.15 bits per heavy atom. The number of thiophene rings is 1. The summed E-state index contributed by atoms with van der Waals surface area (Å²) in [6.45, 7) is 2.08. The first kappa shape index (κ1) is 14.7. The number of nitriles is 1. The van der Waals surface area contributed by atoms with Gasteiger partial charge in [0, 0.05) is 6.54 Å². The van der Waals surface area contributed by atoms with Gasteiger partial charge in [-0.2, -0.15) is 16.6 Å². The molecule has 0 aliphatic carbocycles. The summed E-state index contributed by atoms with van der Waals surface area (Å²) < 4.78 is 26.8. The zero-order chi connectivity index (χ0) is 14.6. The van der Waals surface area contributed by atoms with Gasteiger partial charge in [-0.15, -0.1) is 0 Å². The van der Waals surface area contributed by atoms with Gasteiger partial charge in [-0.25, -0.2) is 13.1 Å². The van der Waals surface area contributed by atoms with E-state index < -0.39 is 10.0 Å². The van der Waals surface area contributed by atoms with Crippen LogP contribution in [0.25, 0.3) is 0 Å². The van der Waals surface area contributed by atoms with Crippen molar-refractivity contribution in [3.05, 3.63) is 51.7 Å². The van der Waals surface area contributed by atoms with Crippen LogP contribution in [0.1, 0.15) is 16.7 Å². The number of benzene rings is 1. The van der Waals surface area contributed by atoms with Crippen LogP contribution >= 0.6 is 11.3 Å². The van der Waals surface area contributed by atoms with Crippen molar-refractivity contribution in [3.63, 3.8) is 0 Å². The summed E-state index contributed by atoms with van der Waals surface area (Å²) in [4.78, 5) is 0.194. The van der Waals surface area contributed by atoms with E-state index >= 15 is 0 Å². The van der Waals surface area contributed by atoms with Gasteiger partial charge in [-0.3, -0.25) is 0 Å². The van der Waals surface area contributed by atoms with Gasteiger partial charge < -0.3 is 0 Å². The predicted molar refractivity (Wildman–Crippen MR) is 79.1 cm³/mol. The van der Waals surface area contributed by atoms with E-state index in [4.69, 9.17) is 5.26 Å². The molecule has 0 aliphatic heterocycles. The predicted octanol–water partition coefficient (Wildman–Crippen LogP) is 2.45. The maximum Gasteiger partial charge on any atom is 0.240 e. The molecule has 1 N–H and O–H groups in total. The highest BCUT2D eigenvalue weighted by molar-refractivity contribution is 7.89. The van der Waals surface area contributed by atoms with Crippen molar-refractivity contribution in [1.29, 1.82) is 5.26 Å². The normalized spacial score (nSPS) is 11.2. The molecule has 4 nitrogen and oxygen atoms in total. The Morgan fingerprint density at radius 3 is 2.75 bits per heavy atom. The second kappa shape index (κ2) is 6.18. The van der Waals surface area contributed by atoms with E-state index in [9.17, 15) is 8.42 Å². The smallest absolute Gasteiger partial charge is 0.211 e. The van der Waals surface area contributed by atoms with E-state index in [1.54, 1.807) is 18.3 Å².